The van der Waals surface area contributed by atoms with Crippen LogP contribution in [0.4, 0.5) is 0 Å². The number of ether oxygens (including phenoxy) is 2. The van der Waals surface area contributed by atoms with Crippen molar-refractivity contribution in [3.8, 4) is 22.6 Å². The maximum Gasteiger partial charge on any atom is 0.307 e. The second kappa shape index (κ2) is 4.89. The summed E-state index contributed by atoms with van der Waals surface area (Å²) in [6.45, 7) is 0.468. The maximum absolute atomic E-state index is 11.0. The van der Waals surface area contributed by atoms with E-state index in [2.05, 4.69) is 0 Å². The van der Waals surface area contributed by atoms with Crippen LogP contribution in [0.2, 0.25) is 0 Å². The Morgan fingerprint density at radius 1 is 1.30 bits per heavy atom. The van der Waals surface area contributed by atoms with Gasteiger partial charge in [-0.3, -0.25) is 4.79 Å². The SMILES string of the molecule is COc1ccc(CC(=O)O)c2c1OCc1ccccc1-2. The number of hydrogen-bond donors (Lipinski definition) is 1. The second-order valence-corrected chi connectivity index (χ2v) is 4.65. The van der Waals surface area contributed by atoms with Gasteiger partial charge in [0, 0.05) is 5.56 Å². The van der Waals surface area contributed by atoms with Crippen molar-refractivity contribution in [2.45, 2.75) is 13.0 Å². The van der Waals surface area contributed by atoms with Crippen molar-refractivity contribution in [3.63, 3.8) is 0 Å². The van der Waals surface area contributed by atoms with Crippen molar-refractivity contribution in [1.82, 2.24) is 0 Å². The third-order valence-electron chi connectivity index (χ3n) is 3.43. The van der Waals surface area contributed by atoms with Crippen LogP contribution in [0, 0.1) is 0 Å². The molecule has 1 heterocycles. The summed E-state index contributed by atoms with van der Waals surface area (Å²) in [5, 5.41) is 9.07. The lowest BCUT2D eigenvalue weighted by Crippen LogP contribution is -2.10. The first-order chi connectivity index (χ1) is 9.70. The molecule has 0 bridgehead atoms. The predicted molar refractivity (Wildman–Crippen MR) is 74.1 cm³/mol. The smallest absolute Gasteiger partial charge is 0.307 e. The number of rotatable bonds is 3. The highest BCUT2D eigenvalue weighted by Gasteiger charge is 2.24. The van der Waals surface area contributed by atoms with E-state index in [9.17, 15) is 4.79 Å². The van der Waals surface area contributed by atoms with Crippen LogP contribution in [0.25, 0.3) is 11.1 Å². The molecule has 1 aliphatic heterocycles. The van der Waals surface area contributed by atoms with E-state index < -0.39 is 5.97 Å². The van der Waals surface area contributed by atoms with Gasteiger partial charge in [0.25, 0.3) is 0 Å². The van der Waals surface area contributed by atoms with E-state index in [4.69, 9.17) is 14.6 Å². The van der Waals surface area contributed by atoms with E-state index >= 15 is 0 Å². The molecule has 0 aliphatic carbocycles. The van der Waals surface area contributed by atoms with E-state index in [-0.39, 0.29) is 6.42 Å². The summed E-state index contributed by atoms with van der Waals surface area (Å²) in [7, 11) is 1.58. The molecule has 0 fully saturated rings. The molecule has 102 valence electrons. The van der Waals surface area contributed by atoms with E-state index in [1.807, 2.05) is 24.3 Å². The van der Waals surface area contributed by atoms with Crippen LogP contribution in [-0.4, -0.2) is 18.2 Å². The lowest BCUT2D eigenvalue weighted by molar-refractivity contribution is -0.136. The molecule has 4 heteroatoms. The zero-order valence-electron chi connectivity index (χ0n) is 11.1. The fraction of sp³-hybridized carbons (Fsp3) is 0.188. The number of carbonyl (C=O) groups is 1. The molecule has 3 rings (SSSR count). The minimum Gasteiger partial charge on any atom is -0.493 e. The Kier molecular flexibility index (Phi) is 3.06. The van der Waals surface area contributed by atoms with Gasteiger partial charge >= 0.3 is 5.97 Å². The highest BCUT2D eigenvalue weighted by atomic mass is 16.5. The molecule has 20 heavy (non-hydrogen) atoms. The average Bonchev–Trinajstić information content (AvgIpc) is 2.46. The van der Waals surface area contributed by atoms with Gasteiger partial charge < -0.3 is 14.6 Å². The molecule has 0 saturated heterocycles. The largest absolute Gasteiger partial charge is 0.493 e. The molecule has 0 spiro atoms. The molecule has 2 aromatic rings. The zero-order chi connectivity index (χ0) is 14.1. The van der Waals surface area contributed by atoms with Crippen molar-refractivity contribution in [3.05, 3.63) is 47.5 Å². The molecule has 0 unspecified atom stereocenters. The Hall–Kier alpha value is -2.49. The Morgan fingerprint density at radius 2 is 2.10 bits per heavy atom. The highest BCUT2D eigenvalue weighted by molar-refractivity contribution is 5.84. The molecule has 1 N–H and O–H groups in total. The fourth-order valence-corrected chi connectivity index (χ4v) is 2.55. The van der Waals surface area contributed by atoms with E-state index in [0.717, 1.165) is 22.3 Å². The second-order valence-electron chi connectivity index (χ2n) is 4.65. The van der Waals surface area contributed by atoms with Gasteiger partial charge in [-0.2, -0.15) is 0 Å². The van der Waals surface area contributed by atoms with Crippen LogP contribution in [-0.2, 0) is 17.8 Å². The van der Waals surface area contributed by atoms with Gasteiger partial charge in [-0.15, -0.1) is 0 Å². The van der Waals surface area contributed by atoms with E-state index in [1.54, 1.807) is 19.2 Å². The van der Waals surface area contributed by atoms with Crippen molar-refractivity contribution in [2.24, 2.45) is 0 Å². The number of hydrogen-bond acceptors (Lipinski definition) is 3. The molecule has 0 atom stereocenters. The number of fused-ring (bicyclic) bond motifs is 3. The maximum atomic E-state index is 11.0. The third kappa shape index (κ3) is 1.99. The van der Waals surface area contributed by atoms with E-state index in [0.29, 0.717) is 18.1 Å². The summed E-state index contributed by atoms with van der Waals surface area (Å²) < 4.78 is 11.1. The van der Waals surface area contributed by atoms with Crippen molar-refractivity contribution in [2.75, 3.05) is 7.11 Å². The Labute approximate surface area is 116 Å². The van der Waals surface area contributed by atoms with Gasteiger partial charge in [0.05, 0.1) is 13.5 Å². The first-order valence-electron chi connectivity index (χ1n) is 6.33. The minimum atomic E-state index is -0.861. The Balaban J connectivity index is 2.25. The molecule has 0 amide bonds. The average molecular weight is 270 g/mol. The Morgan fingerprint density at radius 3 is 2.85 bits per heavy atom. The molecule has 1 aliphatic rings. The number of benzene rings is 2. The summed E-state index contributed by atoms with van der Waals surface area (Å²) in [6.07, 6.45) is -0.0377. The van der Waals surface area contributed by atoms with Gasteiger partial charge in [-0.05, 0) is 22.8 Å². The first-order valence-corrected chi connectivity index (χ1v) is 6.33. The van der Waals surface area contributed by atoms with Crippen LogP contribution in [0.15, 0.2) is 36.4 Å². The van der Waals surface area contributed by atoms with Crippen LogP contribution >= 0.6 is 0 Å². The van der Waals surface area contributed by atoms with Gasteiger partial charge in [0.15, 0.2) is 11.5 Å². The highest BCUT2D eigenvalue weighted by Crippen LogP contribution is 2.45. The van der Waals surface area contributed by atoms with Crippen LogP contribution in [0.1, 0.15) is 11.1 Å². The molecule has 4 nitrogen and oxygen atoms in total. The third-order valence-corrected chi connectivity index (χ3v) is 3.43. The number of methoxy groups -OCH3 is 1. The number of aliphatic carboxylic acids is 1. The Bertz CT molecular complexity index is 676. The summed E-state index contributed by atoms with van der Waals surface area (Å²) in [5.74, 6) is 0.397. The van der Waals surface area contributed by atoms with Gasteiger partial charge in [0.1, 0.15) is 6.61 Å². The fourth-order valence-electron chi connectivity index (χ4n) is 2.55. The molecular formula is C16H14O4. The van der Waals surface area contributed by atoms with Gasteiger partial charge in [-0.1, -0.05) is 30.3 Å². The van der Waals surface area contributed by atoms with Gasteiger partial charge in [-0.25, -0.2) is 0 Å². The van der Waals surface area contributed by atoms with Crippen LogP contribution < -0.4 is 9.47 Å². The molecule has 0 radical (unpaired) electrons. The summed E-state index contributed by atoms with van der Waals surface area (Å²) in [6, 6.07) is 11.4. The normalized spacial score (nSPS) is 12.1. The quantitative estimate of drug-likeness (QED) is 0.931. The molecule has 2 aromatic carbocycles. The molecule has 0 saturated carbocycles. The summed E-state index contributed by atoms with van der Waals surface area (Å²) >= 11 is 0. The first kappa shape index (κ1) is 12.5. The van der Waals surface area contributed by atoms with Crippen molar-refractivity contribution >= 4 is 5.97 Å². The minimum absolute atomic E-state index is 0.0377. The predicted octanol–water partition coefficient (Wildman–Crippen LogP) is 2.88. The lowest BCUT2D eigenvalue weighted by atomic mass is 9.91. The topological polar surface area (TPSA) is 55.8 Å². The summed E-state index contributed by atoms with van der Waals surface area (Å²) in [4.78, 5) is 11.0. The monoisotopic (exact) mass is 270 g/mol. The molecule has 0 aromatic heterocycles. The zero-order valence-corrected chi connectivity index (χ0v) is 11.1. The standard InChI is InChI=1S/C16H14O4/c1-19-13-7-6-10(8-14(17)18)15-12-5-3-2-4-11(12)9-20-16(13)15/h2-7H,8-9H2,1H3,(H,17,18). The number of carboxylic acid groups (broad SMARTS) is 1. The number of carboxylic acids is 1. The van der Waals surface area contributed by atoms with Crippen LogP contribution in [0.3, 0.4) is 0 Å². The molecular weight excluding hydrogens is 256 g/mol. The van der Waals surface area contributed by atoms with Crippen molar-refractivity contribution in [1.29, 1.82) is 0 Å². The van der Waals surface area contributed by atoms with E-state index in [1.165, 1.54) is 0 Å². The summed E-state index contributed by atoms with van der Waals surface area (Å²) in [5.41, 5.74) is 3.64. The van der Waals surface area contributed by atoms with Crippen molar-refractivity contribution < 1.29 is 19.4 Å². The van der Waals surface area contributed by atoms with Crippen LogP contribution in [0.5, 0.6) is 11.5 Å². The lowest BCUT2D eigenvalue weighted by Gasteiger charge is -2.24. The van der Waals surface area contributed by atoms with Gasteiger partial charge in [0.2, 0.25) is 0 Å².